The maximum atomic E-state index is 13.4. The van der Waals surface area contributed by atoms with Crippen LogP contribution in [0.1, 0.15) is 24.8 Å². The molecule has 98 valence electrons. The van der Waals surface area contributed by atoms with E-state index in [-0.39, 0.29) is 23.4 Å². The first-order valence-corrected chi connectivity index (χ1v) is 6.40. The maximum absolute atomic E-state index is 13.4. The number of amides is 1. The molecule has 1 aliphatic carbocycles. The first-order chi connectivity index (χ1) is 8.56. The lowest BCUT2D eigenvalue weighted by atomic mass is 9.78. The van der Waals surface area contributed by atoms with Gasteiger partial charge in [0.05, 0.1) is 12.0 Å². The Morgan fingerprint density at radius 3 is 2.67 bits per heavy atom. The van der Waals surface area contributed by atoms with E-state index in [1.165, 1.54) is 12.1 Å². The minimum absolute atomic E-state index is 0.0662. The van der Waals surface area contributed by atoms with Crippen molar-refractivity contribution in [2.45, 2.75) is 31.2 Å². The fraction of sp³-hybridized carbons (Fsp3) is 0.462. The Hall–Kier alpha value is -1.16. The second-order valence-electron chi connectivity index (χ2n) is 4.71. The van der Waals surface area contributed by atoms with Crippen molar-refractivity contribution in [3.8, 4) is 0 Å². The minimum Gasteiger partial charge on any atom is -0.349 e. The molecule has 1 amide bonds. The van der Waals surface area contributed by atoms with E-state index in [1.807, 2.05) is 0 Å². The lowest BCUT2D eigenvalue weighted by Gasteiger charge is -2.41. The summed E-state index contributed by atoms with van der Waals surface area (Å²) >= 11 is 5.81. The van der Waals surface area contributed by atoms with Crippen molar-refractivity contribution in [1.29, 1.82) is 0 Å². The van der Waals surface area contributed by atoms with Crippen molar-refractivity contribution in [2.75, 3.05) is 5.88 Å². The summed E-state index contributed by atoms with van der Waals surface area (Å²) in [4.78, 5) is 11.8. The van der Waals surface area contributed by atoms with E-state index in [2.05, 4.69) is 5.32 Å². The highest BCUT2D eigenvalue weighted by molar-refractivity contribution is 6.18. The summed E-state index contributed by atoms with van der Waals surface area (Å²) in [6, 6.07) is 3.83. The number of carbonyl (C=O) groups excluding carboxylic acids is 1. The van der Waals surface area contributed by atoms with E-state index in [4.69, 9.17) is 11.6 Å². The zero-order valence-electron chi connectivity index (χ0n) is 9.81. The van der Waals surface area contributed by atoms with Gasteiger partial charge in [-0.25, -0.2) is 8.78 Å². The molecule has 2 rings (SSSR count). The minimum atomic E-state index is -0.957. The van der Waals surface area contributed by atoms with Gasteiger partial charge in [-0.1, -0.05) is 12.1 Å². The number of alkyl halides is 1. The fourth-order valence-corrected chi connectivity index (χ4v) is 2.43. The number of nitrogens with one attached hydrogen (secondary N) is 1. The number of benzene rings is 1. The summed E-state index contributed by atoms with van der Waals surface area (Å²) in [7, 11) is 0. The number of halogens is 3. The summed E-state index contributed by atoms with van der Waals surface area (Å²) < 4.78 is 26.4. The predicted molar refractivity (Wildman–Crippen MR) is 65.5 cm³/mol. The van der Waals surface area contributed by atoms with Gasteiger partial charge in [-0.2, -0.15) is 0 Å². The van der Waals surface area contributed by atoms with E-state index in [1.54, 1.807) is 0 Å². The standard InChI is InChI=1S/C13H14ClF2NO/c14-8-13(5-2-6-13)17-11(18)7-9-3-1-4-10(15)12(9)16/h1,3-4H,2,5-8H2,(H,17,18). The van der Waals surface area contributed by atoms with Crippen LogP contribution >= 0.6 is 11.6 Å². The van der Waals surface area contributed by atoms with Crippen molar-refractivity contribution in [1.82, 2.24) is 5.32 Å². The third-order valence-electron chi connectivity index (χ3n) is 3.35. The van der Waals surface area contributed by atoms with Gasteiger partial charge < -0.3 is 5.32 Å². The molecule has 2 nitrogen and oxygen atoms in total. The third-order valence-corrected chi connectivity index (χ3v) is 3.87. The number of rotatable bonds is 4. The molecule has 1 saturated carbocycles. The van der Waals surface area contributed by atoms with E-state index >= 15 is 0 Å². The van der Waals surface area contributed by atoms with Gasteiger partial charge in [-0.05, 0) is 25.3 Å². The topological polar surface area (TPSA) is 29.1 Å². The van der Waals surface area contributed by atoms with E-state index in [0.29, 0.717) is 5.88 Å². The van der Waals surface area contributed by atoms with Crippen LogP contribution in [0.5, 0.6) is 0 Å². The molecule has 0 radical (unpaired) electrons. The molecule has 0 aliphatic heterocycles. The van der Waals surface area contributed by atoms with E-state index in [9.17, 15) is 13.6 Å². The van der Waals surface area contributed by atoms with Gasteiger partial charge in [0.25, 0.3) is 0 Å². The highest BCUT2D eigenvalue weighted by Crippen LogP contribution is 2.32. The van der Waals surface area contributed by atoms with Gasteiger partial charge in [-0.15, -0.1) is 11.6 Å². The Balaban J connectivity index is 2.01. The Morgan fingerprint density at radius 2 is 2.11 bits per heavy atom. The Kier molecular flexibility index (Phi) is 3.85. The molecular weight excluding hydrogens is 260 g/mol. The van der Waals surface area contributed by atoms with Gasteiger partial charge in [0.1, 0.15) is 0 Å². The largest absolute Gasteiger partial charge is 0.349 e. The average molecular weight is 274 g/mol. The van der Waals surface area contributed by atoms with Crippen LogP contribution in [0.3, 0.4) is 0 Å². The quantitative estimate of drug-likeness (QED) is 0.840. The van der Waals surface area contributed by atoms with Crippen LogP contribution in [0.2, 0.25) is 0 Å². The van der Waals surface area contributed by atoms with Gasteiger partial charge in [0.2, 0.25) is 5.91 Å². The molecule has 1 fully saturated rings. The number of hydrogen-bond acceptors (Lipinski definition) is 1. The molecule has 5 heteroatoms. The SMILES string of the molecule is O=C(Cc1cccc(F)c1F)NC1(CCl)CCC1. The van der Waals surface area contributed by atoms with Crippen LogP contribution in [-0.2, 0) is 11.2 Å². The smallest absolute Gasteiger partial charge is 0.224 e. The number of carbonyl (C=O) groups is 1. The van der Waals surface area contributed by atoms with Crippen molar-refractivity contribution in [3.05, 3.63) is 35.4 Å². The summed E-state index contributed by atoms with van der Waals surface area (Å²) in [6.07, 6.45) is 2.55. The molecule has 1 N–H and O–H groups in total. The van der Waals surface area contributed by atoms with Crippen LogP contribution in [0, 0.1) is 11.6 Å². The van der Waals surface area contributed by atoms with Gasteiger partial charge >= 0.3 is 0 Å². The second kappa shape index (κ2) is 5.22. The molecule has 0 saturated heterocycles. The Morgan fingerprint density at radius 1 is 1.39 bits per heavy atom. The molecule has 0 bridgehead atoms. The monoisotopic (exact) mass is 273 g/mol. The number of hydrogen-bond donors (Lipinski definition) is 1. The van der Waals surface area contributed by atoms with Crippen LogP contribution < -0.4 is 5.32 Å². The maximum Gasteiger partial charge on any atom is 0.224 e. The first-order valence-electron chi connectivity index (χ1n) is 5.86. The first kappa shape index (κ1) is 13.3. The molecule has 1 aromatic rings. The molecule has 0 heterocycles. The van der Waals surface area contributed by atoms with E-state index < -0.39 is 11.6 Å². The summed E-state index contributed by atoms with van der Waals surface area (Å²) in [6.45, 7) is 0. The summed E-state index contributed by atoms with van der Waals surface area (Å²) in [5, 5.41) is 2.81. The third kappa shape index (κ3) is 2.64. The van der Waals surface area contributed by atoms with Crippen LogP contribution in [0.4, 0.5) is 8.78 Å². The molecule has 18 heavy (non-hydrogen) atoms. The van der Waals surface area contributed by atoms with E-state index in [0.717, 1.165) is 25.3 Å². The summed E-state index contributed by atoms with van der Waals surface area (Å²) in [5.41, 5.74) is -0.279. The average Bonchev–Trinajstić information content (AvgIpc) is 2.30. The molecular formula is C13H14ClF2NO. The van der Waals surface area contributed by atoms with Gasteiger partial charge in [0.15, 0.2) is 11.6 Å². The normalized spacial score (nSPS) is 17.1. The highest BCUT2D eigenvalue weighted by Gasteiger charge is 2.37. The molecule has 1 aliphatic rings. The zero-order chi connectivity index (χ0) is 13.2. The van der Waals surface area contributed by atoms with Crippen LogP contribution in [0.25, 0.3) is 0 Å². The predicted octanol–water partition coefficient (Wildman–Crippen LogP) is 2.79. The second-order valence-corrected chi connectivity index (χ2v) is 4.97. The highest BCUT2D eigenvalue weighted by atomic mass is 35.5. The summed E-state index contributed by atoms with van der Waals surface area (Å²) in [5.74, 6) is -1.86. The molecule has 0 atom stereocenters. The lowest BCUT2D eigenvalue weighted by Crippen LogP contribution is -2.55. The Bertz CT molecular complexity index is 455. The molecule has 0 spiro atoms. The lowest BCUT2D eigenvalue weighted by molar-refractivity contribution is -0.123. The molecule has 0 unspecified atom stereocenters. The van der Waals surface area contributed by atoms with Gasteiger partial charge in [-0.3, -0.25) is 4.79 Å². The van der Waals surface area contributed by atoms with Crippen molar-refractivity contribution < 1.29 is 13.6 Å². The van der Waals surface area contributed by atoms with Crippen molar-refractivity contribution >= 4 is 17.5 Å². The van der Waals surface area contributed by atoms with Gasteiger partial charge in [0, 0.05) is 11.4 Å². The molecule has 1 aromatic carbocycles. The van der Waals surface area contributed by atoms with Crippen LogP contribution in [-0.4, -0.2) is 17.3 Å². The van der Waals surface area contributed by atoms with Crippen molar-refractivity contribution in [2.24, 2.45) is 0 Å². The molecule has 0 aromatic heterocycles. The van der Waals surface area contributed by atoms with Crippen molar-refractivity contribution in [3.63, 3.8) is 0 Å². The fourth-order valence-electron chi connectivity index (χ4n) is 2.09. The zero-order valence-corrected chi connectivity index (χ0v) is 10.6. The van der Waals surface area contributed by atoms with Crippen LogP contribution in [0.15, 0.2) is 18.2 Å². The Labute approximate surface area is 109 Å².